The van der Waals surface area contributed by atoms with E-state index in [1.807, 2.05) is 13.2 Å². The van der Waals surface area contributed by atoms with E-state index in [4.69, 9.17) is 10.3 Å². The maximum Gasteiger partial charge on any atom is 0.247 e. The van der Waals surface area contributed by atoms with Crippen molar-refractivity contribution in [3.05, 3.63) is 18.3 Å². The van der Waals surface area contributed by atoms with Crippen molar-refractivity contribution in [2.24, 2.45) is 12.8 Å². The Kier molecular flexibility index (Phi) is 1.88. The van der Waals surface area contributed by atoms with Crippen molar-refractivity contribution < 1.29 is 4.52 Å². The summed E-state index contributed by atoms with van der Waals surface area (Å²) in [5.41, 5.74) is 6.56. The van der Waals surface area contributed by atoms with Crippen LogP contribution >= 0.6 is 0 Å². The molecule has 0 unspecified atom stereocenters. The van der Waals surface area contributed by atoms with Crippen LogP contribution in [0.15, 0.2) is 16.9 Å². The molecule has 2 aromatic rings. The molecule has 0 amide bonds. The molecule has 0 radical (unpaired) electrons. The van der Waals surface area contributed by atoms with Crippen LogP contribution in [0.3, 0.4) is 0 Å². The lowest BCUT2D eigenvalue weighted by molar-refractivity contribution is 0.181. The predicted molar refractivity (Wildman–Crippen MR) is 56.2 cm³/mol. The quantitative estimate of drug-likeness (QED) is 0.808. The molecule has 0 atom stereocenters. The first-order valence-corrected chi connectivity index (χ1v) is 5.29. The Morgan fingerprint density at radius 2 is 2.31 bits per heavy atom. The topological polar surface area (TPSA) is 82.8 Å². The van der Waals surface area contributed by atoms with Crippen molar-refractivity contribution in [2.75, 3.05) is 0 Å². The van der Waals surface area contributed by atoms with E-state index in [0.29, 0.717) is 11.7 Å². The average molecular weight is 219 g/mol. The second-order valence-electron chi connectivity index (χ2n) is 4.34. The van der Waals surface area contributed by atoms with Gasteiger partial charge >= 0.3 is 0 Å². The highest BCUT2D eigenvalue weighted by Gasteiger charge is 2.40. The fourth-order valence-corrected chi connectivity index (χ4v) is 1.85. The van der Waals surface area contributed by atoms with Crippen LogP contribution in [-0.2, 0) is 12.6 Å². The monoisotopic (exact) mass is 219 g/mol. The smallest absolute Gasteiger partial charge is 0.247 e. The van der Waals surface area contributed by atoms with Crippen LogP contribution in [0.5, 0.6) is 0 Å². The van der Waals surface area contributed by atoms with Gasteiger partial charge in [0.1, 0.15) is 0 Å². The Labute approximate surface area is 92.4 Å². The van der Waals surface area contributed by atoms with Gasteiger partial charge in [0.2, 0.25) is 11.7 Å². The highest BCUT2D eigenvalue weighted by molar-refractivity contribution is 5.51. The van der Waals surface area contributed by atoms with Crippen molar-refractivity contribution in [3.63, 3.8) is 0 Å². The molecule has 0 saturated heterocycles. The number of hydrogen-bond acceptors (Lipinski definition) is 5. The molecule has 1 saturated carbocycles. The first-order valence-electron chi connectivity index (χ1n) is 5.29. The number of rotatable bonds is 2. The van der Waals surface area contributed by atoms with E-state index < -0.39 is 5.54 Å². The molecule has 3 rings (SSSR count). The molecule has 1 fully saturated rings. The molecule has 0 spiro atoms. The summed E-state index contributed by atoms with van der Waals surface area (Å²) >= 11 is 0. The number of nitrogens with zero attached hydrogens (tertiary/aromatic N) is 4. The van der Waals surface area contributed by atoms with Gasteiger partial charge < -0.3 is 10.3 Å². The normalized spacial score (nSPS) is 18.4. The van der Waals surface area contributed by atoms with Crippen LogP contribution in [0.1, 0.15) is 25.2 Å². The van der Waals surface area contributed by atoms with E-state index in [0.717, 1.165) is 24.8 Å². The molecular formula is C10H13N5O. The maximum absolute atomic E-state index is 6.10. The zero-order chi connectivity index (χ0) is 11.2. The molecule has 0 aromatic carbocycles. The fraction of sp³-hybridized carbons (Fsp3) is 0.500. The molecule has 2 aromatic heterocycles. The van der Waals surface area contributed by atoms with Gasteiger partial charge in [-0.25, -0.2) is 0 Å². The molecule has 0 bridgehead atoms. The van der Waals surface area contributed by atoms with Gasteiger partial charge in [0.15, 0.2) is 0 Å². The van der Waals surface area contributed by atoms with E-state index in [9.17, 15) is 0 Å². The van der Waals surface area contributed by atoms with Crippen molar-refractivity contribution in [3.8, 4) is 11.4 Å². The molecule has 1 aliphatic carbocycles. The SMILES string of the molecule is Cn1cc(-c2noc(C3(N)CCC3)n2)cn1. The average Bonchev–Trinajstić information content (AvgIpc) is 2.82. The Morgan fingerprint density at radius 3 is 2.88 bits per heavy atom. The Hall–Kier alpha value is -1.69. The van der Waals surface area contributed by atoms with Gasteiger partial charge in [0.05, 0.1) is 17.3 Å². The predicted octanol–water partition coefficient (Wildman–Crippen LogP) is 0.808. The van der Waals surface area contributed by atoms with Gasteiger partial charge in [0, 0.05) is 13.2 Å². The van der Waals surface area contributed by atoms with Crippen molar-refractivity contribution in [1.29, 1.82) is 0 Å². The van der Waals surface area contributed by atoms with E-state index in [1.54, 1.807) is 10.9 Å². The van der Waals surface area contributed by atoms with Crippen molar-refractivity contribution in [1.82, 2.24) is 19.9 Å². The van der Waals surface area contributed by atoms with E-state index in [1.165, 1.54) is 0 Å². The van der Waals surface area contributed by atoms with E-state index in [2.05, 4.69) is 15.2 Å². The summed E-state index contributed by atoms with van der Waals surface area (Å²) in [7, 11) is 1.85. The molecule has 2 heterocycles. The lowest BCUT2D eigenvalue weighted by Crippen LogP contribution is -2.43. The van der Waals surface area contributed by atoms with E-state index >= 15 is 0 Å². The second kappa shape index (κ2) is 3.15. The van der Waals surface area contributed by atoms with Crippen molar-refractivity contribution in [2.45, 2.75) is 24.8 Å². The molecule has 2 N–H and O–H groups in total. The zero-order valence-corrected chi connectivity index (χ0v) is 9.05. The van der Waals surface area contributed by atoms with Crippen LogP contribution in [0.4, 0.5) is 0 Å². The summed E-state index contributed by atoms with van der Waals surface area (Å²) < 4.78 is 6.91. The van der Waals surface area contributed by atoms with Crippen LogP contribution in [0.25, 0.3) is 11.4 Å². The minimum Gasteiger partial charge on any atom is -0.337 e. The molecule has 84 valence electrons. The van der Waals surface area contributed by atoms with Gasteiger partial charge in [-0.2, -0.15) is 10.1 Å². The molecular weight excluding hydrogens is 206 g/mol. The highest BCUT2D eigenvalue weighted by atomic mass is 16.5. The summed E-state index contributed by atoms with van der Waals surface area (Å²) in [4.78, 5) is 4.33. The minimum absolute atomic E-state index is 0.395. The summed E-state index contributed by atoms with van der Waals surface area (Å²) in [5.74, 6) is 1.09. The van der Waals surface area contributed by atoms with Crippen LogP contribution < -0.4 is 5.73 Å². The fourth-order valence-electron chi connectivity index (χ4n) is 1.85. The number of nitrogens with two attached hydrogens (primary N) is 1. The third-order valence-electron chi connectivity index (χ3n) is 3.06. The Balaban J connectivity index is 1.93. The lowest BCUT2D eigenvalue weighted by atomic mass is 9.78. The largest absolute Gasteiger partial charge is 0.337 e. The standard InChI is InChI=1S/C10H13N5O/c1-15-6-7(5-12-15)8-13-9(16-14-8)10(11)3-2-4-10/h5-6H,2-4,11H2,1H3. The number of aromatic nitrogens is 4. The molecule has 16 heavy (non-hydrogen) atoms. The maximum atomic E-state index is 6.10. The second-order valence-corrected chi connectivity index (χ2v) is 4.34. The van der Waals surface area contributed by atoms with Gasteiger partial charge in [-0.1, -0.05) is 5.16 Å². The minimum atomic E-state index is -0.395. The summed E-state index contributed by atoms with van der Waals surface area (Å²) in [6, 6.07) is 0. The molecule has 6 heteroatoms. The first-order chi connectivity index (χ1) is 7.67. The third kappa shape index (κ3) is 1.34. The Bertz CT molecular complexity index is 511. The van der Waals surface area contributed by atoms with E-state index in [-0.39, 0.29) is 0 Å². The number of aryl methyl sites for hydroxylation is 1. The summed E-state index contributed by atoms with van der Waals surface area (Å²) in [6.45, 7) is 0. The van der Waals surface area contributed by atoms with Gasteiger partial charge in [-0.3, -0.25) is 4.68 Å². The van der Waals surface area contributed by atoms with Crippen LogP contribution in [-0.4, -0.2) is 19.9 Å². The van der Waals surface area contributed by atoms with Gasteiger partial charge in [-0.15, -0.1) is 0 Å². The lowest BCUT2D eigenvalue weighted by Gasteiger charge is -2.33. The summed E-state index contributed by atoms with van der Waals surface area (Å²) in [6.07, 6.45) is 6.52. The van der Waals surface area contributed by atoms with Gasteiger partial charge in [-0.05, 0) is 19.3 Å². The zero-order valence-electron chi connectivity index (χ0n) is 9.05. The highest BCUT2D eigenvalue weighted by Crippen LogP contribution is 2.38. The molecule has 0 aliphatic heterocycles. The van der Waals surface area contributed by atoms with Crippen LogP contribution in [0.2, 0.25) is 0 Å². The number of hydrogen-bond donors (Lipinski definition) is 1. The first kappa shape index (κ1) is 9.53. The summed E-state index contributed by atoms with van der Waals surface area (Å²) in [5, 5.41) is 7.99. The van der Waals surface area contributed by atoms with Crippen LogP contribution in [0, 0.1) is 0 Å². The Morgan fingerprint density at radius 1 is 1.50 bits per heavy atom. The molecule has 1 aliphatic rings. The molecule has 6 nitrogen and oxygen atoms in total. The van der Waals surface area contributed by atoms with Crippen molar-refractivity contribution >= 4 is 0 Å². The third-order valence-corrected chi connectivity index (χ3v) is 3.06. The van der Waals surface area contributed by atoms with Gasteiger partial charge in [0.25, 0.3) is 0 Å².